The van der Waals surface area contributed by atoms with E-state index in [1.165, 1.54) is 7.11 Å². The van der Waals surface area contributed by atoms with Crippen LogP contribution >= 0.6 is 0 Å². The fourth-order valence-electron chi connectivity index (χ4n) is 1.69. The Bertz CT molecular complexity index is 656. The van der Waals surface area contributed by atoms with Gasteiger partial charge in [0.2, 0.25) is 0 Å². The summed E-state index contributed by atoms with van der Waals surface area (Å²) in [6, 6.07) is 13.0. The molecule has 0 atom stereocenters. The number of hydrogen-bond donors (Lipinski definition) is 2. The third kappa shape index (κ3) is 3.74. The molecule has 2 rings (SSSR count). The van der Waals surface area contributed by atoms with Crippen molar-refractivity contribution in [3.8, 4) is 0 Å². The van der Waals surface area contributed by atoms with Gasteiger partial charge in [-0.3, -0.25) is 0 Å². The number of carbonyl (C=O) groups excluding carboxylic acids is 1. The summed E-state index contributed by atoms with van der Waals surface area (Å²) >= 11 is 0. The Morgan fingerprint density at radius 1 is 1.05 bits per heavy atom. The molecule has 0 radical (unpaired) electrons. The van der Waals surface area contributed by atoms with Crippen molar-refractivity contribution in [2.45, 2.75) is 0 Å². The number of methoxy groups -OCH3 is 1. The van der Waals surface area contributed by atoms with Crippen LogP contribution in [0, 0.1) is 0 Å². The second-order valence-corrected chi connectivity index (χ2v) is 4.17. The van der Waals surface area contributed by atoms with E-state index in [0.29, 0.717) is 16.9 Å². The number of carbonyl (C=O) groups is 1. The van der Waals surface area contributed by atoms with Gasteiger partial charge in [0.05, 0.1) is 24.0 Å². The lowest BCUT2D eigenvalue weighted by Crippen LogP contribution is -2.29. The van der Waals surface area contributed by atoms with Crippen molar-refractivity contribution in [2.24, 2.45) is 10.2 Å². The monoisotopic (exact) mass is 284 g/mol. The molecule has 2 aromatic carbocycles. The Balaban J connectivity index is 2.20. The number of hydrogen-bond acceptors (Lipinski definition) is 6. The summed E-state index contributed by atoms with van der Waals surface area (Å²) < 4.78 is 4.60. The number of ether oxygens (including phenoxy) is 1. The first-order chi connectivity index (χ1) is 10.1. The molecule has 0 heterocycles. The van der Waals surface area contributed by atoms with Crippen LogP contribution in [0.15, 0.2) is 58.8 Å². The van der Waals surface area contributed by atoms with E-state index in [4.69, 9.17) is 0 Å². The second-order valence-electron chi connectivity index (χ2n) is 4.17. The first kappa shape index (κ1) is 14.9. The normalized spacial score (nSPS) is 10.6. The van der Waals surface area contributed by atoms with Crippen LogP contribution in [0.5, 0.6) is 0 Å². The molecule has 2 aromatic rings. The molecule has 0 unspecified atom stereocenters. The molecule has 0 aliphatic rings. The molecule has 0 fully saturated rings. The average molecular weight is 284 g/mol. The molecule has 0 bridgehead atoms. The van der Waals surface area contributed by atoms with Crippen LogP contribution in [0.4, 0.5) is 11.4 Å². The van der Waals surface area contributed by atoms with Gasteiger partial charge in [-0.25, -0.2) is 4.79 Å². The third-order valence-corrected chi connectivity index (χ3v) is 2.78. The highest BCUT2D eigenvalue weighted by atomic mass is 16.5. The van der Waals surface area contributed by atoms with E-state index in [1.807, 2.05) is 0 Å². The zero-order valence-corrected chi connectivity index (χ0v) is 11.3. The Hall–Kier alpha value is -2.51. The fraction of sp³-hybridized carbons (Fsp3) is 0.0714. The molecule has 0 saturated heterocycles. The number of esters is 1. The smallest absolute Gasteiger partial charge is 0.465 e. The highest BCUT2D eigenvalue weighted by Crippen LogP contribution is 2.18. The zero-order valence-electron chi connectivity index (χ0n) is 11.3. The minimum absolute atomic E-state index is 0.271. The summed E-state index contributed by atoms with van der Waals surface area (Å²) in [5, 5.41) is 26.4. The van der Waals surface area contributed by atoms with Crippen molar-refractivity contribution < 1.29 is 19.6 Å². The van der Waals surface area contributed by atoms with Gasteiger partial charge in [-0.2, -0.15) is 10.2 Å². The maximum Gasteiger partial charge on any atom is 0.490 e. The van der Waals surface area contributed by atoms with Gasteiger partial charge in [-0.05, 0) is 30.3 Å². The van der Waals surface area contributed by atoms with Crippen LogP contribution in [-0.2, 0) is 4.74 Å². The van der Waals surface area contributed by atoms with E-state index in [9.17, 15) is 14.8 Å². The van der Waals surface area contributed by atoms with Crippen molar-refractivity contribution in [3.63, 3.8) is 0 Å². The maximum absolute atomic E-state index is 11.3. The average Bonchev–Trinajstić information content (AvgIpc) is 2.52. The summed E-state index contributed by atoms with van der Waals surface area (Å²) in [5.74, 6) is -0.424. The zero-order chi connectivity index (χ0) is 15.2. The van der Waals surface area contributed by atoms with E-state index >= 15 is 0 Å². The SMILES string of the molecule is COC(=O)c1ccc(/N=N\c2ccccc2B(O)O)cc1. The van der Waals surface area contributed by atoms with Crippen LogP contribution in [0.3, 0.4) is 0 Å². The van der Waals surface area contributed by atoms with Gasteiger partial charge in [0.1, 0.15) is 0 Å². The van der Waals surface area contributed by atoms with Gasteiger partial charge in [0.25, 0.3) is 0 Å². The molecule has 0 aromatic heterocycles. The number of azo groups is 1. The lowest BCUT2D eigenvalue weighted by molar-refractivity contribution is 0.0601. The molecule has 0 aliphatic heterocycles. The maximum atomic E-state index is 11.3. The molecule has 0 spiro atoms. The molecule has 0 saturated carbocycles. The van der Waals surface area contributed by atoms with Crippen LogP contribution in [0.1, 0.15) is 10.4 Å². The predicted octanol–water partition coefficient (Wildman–Crippen LogP) is 1.57. The molecule has 2 N–H and O–H groups in total. The van der Waals surface area contributed by atoms with Gasteiger partial charge >= 0.3 is 13.1 Å². The molecule has 0 aliphatic carbocycles. The largest absolute Gasteiger partial charge is 0.490 e. The van der Waals surface area contributed by atoms with E-state index in [0.717, 1.165) is 0 Å². The molecule has 0 amide bonds. The molecule has 21 heavy (non-hydrogen) atoms. The van der Waals surface area contributed by atoms with Crippen molar-refractivity contribution in [1.82, 2.24) is 0 Å². The molecule has 106 valence electrons. The molecular weight excluding hydrogens is 271 g/mol. The Kier molecular flexibility index (Phi) is 4.81. The van der Waals surface area contributed by atoms with Gasteiger partial charge in [-0.1, -0.05) is 18.2 Å². The van der Waals surface area contributed by atoms with E-state index in [2.05, 4.69) is 15.0 Å². The van der Waals surface area contributed by atoms with Crippen molar-refractivity contribution >= 4 is 29.9 Å². The van der Waals surface area contributed by atoms with Crippen LogP contribution in [0.25, 0.3) is 0 Å². The third-order valence-electron chi connectivity index (χ3n) is 2.78. The lowest BCUT2D eigenvalue weighted by Gasteiger charge is -2.02. The molecule has 6 nitrogen and oxygen atoms in total. The lowest BCUT2D eigenvalue weighted by atomic mass is 9.79. The highest BCUT2D eigenvalue weighted by molar-refractivity contribution is 6.60. The van der Waals surface area contributed by atoms with Crippen molar-refractivity contribution in [2.75, 3.05) is 7.11 Å². The van der Waals surface area contributed by atoms with Crippen LogP contribution < -0.4 is 5.46 Å². The summed E-state index contributed by atoms with van der Waals surface area (Å²) in [7, 11) is -0.297. The Morgan fingerprint density at radius 2 is 1.71 bits per heavy atom. The van der Waals surface area contributed by atoms with E-state index in [-0.39, 0.29) is 5.46 Å². The van der Waals surface area contributed by atoms with Crippen molar-refractivity contribution in [3.05, 3.63) is 54.1 Å². The fourth-order valence-corrected chi connectivity index (χ4v) is 1.69. The van der Waals surface area contributed by atoms with E-state index < -0.39 is 13.1 Å². The molecule has 7 heteroatoms. The van der Waals surface area contributed by atoms with Crippen molar-refractivity contribution in [1.29, 1.82) is 0 Å². The first-order valence-corrected chi connectivity index (χ1v) is 6.17. The van der Waals surface area contributed by atoms with Crippen LogP contribution in [0.2, 0.25) is 0 Å². The molecular formula is C14H13BN2O4. The van der Waals surface area contributed by atoms with Gasteiger partial charge in [0, 0.05) is 5.46 Å². The standard InChI is InChI=1S/C14H13BN2O4/c1-21-14(18)10-6-8-11(9-7-10)16-17-13-5-3-2-4-12(13)15(19)20/h2-9,19-20H,1H3/b17-16-. The van der Waals surface area contributed by atoms with Gasteiger partial charge in [-0.15, -0.1) is 0 Å². The number of nitrogens with zero attached hydrogens (tertiary/aromatic N) is 2. The minimum Gasteiger partial charge on any atom is -0.465 e. The number of rotatable bonds is 4. The quantitative estimate of drug-likeness (QED) is 0.506. The summed E-state index contributed by atoms with van der Waals surface area (Å²) in [6.45, 7) is 0. The summed E-state index contributed by atoms with van der Waals surface area (Å²) in [5.41, 5.74) is 1.59. The number of benzene rings is 2. The summed E-state index contributed by atoms with van der Waals surface area (Å²) in [6.07, 6.45) is 0. The first-order valence-electron chi connectivity index (χ1n) is 6.17. The minimum atomic E-state index is -1.61. The highest BCUT2D eigenvalue weighted by Gasteiger charge is 2.14. The van der Waals surface area contributed by atoms with Gasteiger partial charge < -0.3 is 14.8 Å². The van der Waals surface area contributed by atoms with Gasteiger partial charge in [0.15, 0.2) is 0 Å². The predicted molar refractivity (Wildman–Crippen MR) is 78.2 cm³/mol. The Morgan fingerprint density at radius 3 is 2.33 bits per heavy atom. The second kappa shape index (κ2) is 6.78. The summed E-state index contributed by atoms with van der Waals surface area (Å²) in [4.78, 5) is 11.3. The van der Waals surface area contributed by atoms with E-state index in [1.54, 1.807) is 48.5 Å². The topological polar surface area (TPSA) is 91.5 Å². The Labute approximate surface area is 121 Å². The van der Waals surface area contributed by atoms with Crippen LogP contribution in [-0.4, -0.2) is 30.2 Å².